The van der Waals surface area contributed by atoms with Gasteiger partial charge in [0.25, 0.3) is 0 Å². The second-order valence-corrected chi connectivity index (χ2v) is 34.2. The van der Waals surface area contributed by atoms with Crippen molar-refractivity contribution in [1.82, 2.24) is 0 Å². The quantitative estimate of drug-likeness (QED) is 0.0222. The van der Waals surface area contributed by atoms with E-state index in [9.17, 15) is 43.2 Å². The van der Waals surface area contributed by atoms with Gasteiger partial charge in [-0.15, -0.1) is 0 Å². The molecule has 3 N–H and O–H groups in total. The molecule has 0 aromatic rings. The lowest BCUT2D eigenvalue weighted by atomic mass is 9.99. The number of unbranched alkanes of at least 4 members (excludes halogenated alkanes) is 53. The first kappa shape index (κ1) is 102. The van der Waals surface area contributed by atoms with Crippen molar-refractivity contribution in [3.8, 4) is 0 Å². The Morgan fingerprint density at radius 1 is 0.279 bits per heavy atom. The predicted molar refractivity (Wildman–Crippen MR) is 428 cm³/mol. The van der Waals surface area contributed by atoms with Crippen molar-refractivity contribution in [2.24, 2.45) is 11.8 Å². The molecule has 0 aliphatic heterocycles. The number of carbonyl (C=O) groups excluding carboxylic acids is 4. The molecule has 618 valence electrons. The maximum absolute atomic E-state index is 13.1. The summed E-state index contributed by atoms with van der Waals surface area (Å²) < 4.78 is 68.9. The first-order valence-corrected chi connectivity index (χ1v) is 47.0. The van der Waals surface area contributed by atoms with Gasteiger partial charge < -0.3 is 33.8 Å². The zero-order valence-electron chi connectivity index (χ0n) is 68.3. The van der Waals surface area contributed by atoms with Crippen molar-refractivity contribution >= 4 is 39.5 Å². The summed E-state index contributed by atoms with van der Waals surface area (Å²) in [6, 6.07) is 0. The van der Waals surface area contributed by atoms with E-state index < -0.39 is 97.5 Å². The molecule has 0 aromatic heterocycles. The van der Waals surface area contributed by atoms with E-state index in [1.54, 1.807) is 0 Å². The number of esters is 4. The van der Waals surface area contributed by atoms with E-state index in [-0.39, 0.29) is 25.7 Å². The fourth-order valence-electron chi connectivity index (χ4n) is 13.2. The molecule has 0 spiro atoms. The second kappa shape index (κ2) is 76.4. The Hall–Kier alpha value is -1.94. The van der Waals surface area contributed by atoms with Crippen LogP contribution in [0.1, 0.15) is 452 Å². The SMILES string of the molecule is CCCCCCCCCCCCCCCCCCCCCCCC(=O)O[C@H](COC(=O)CCCCCCCCCCCCCCCCCCCC)COP(=O)(O)OC[C@@H](O)COP(=O)(O)OC[C@@H](COC(=O)CCCCCCCCCCC(C)CC)OC(=O)CCCCCCCCCCCCC(C)C. The molecule has 104 heavy (non-hydrogen) atoms. The molecule has 0 bridgehead atoms. The van der Waals surface area contributed by atoms with Crippen LogP contribution in [0.25, 0.3) is 0 Å². The van der Waals surface area contributed by atoms with Crippen LogP contribution in [0.4, 0.5) is 0 Å². The van der Waals surface area contributed by atoms with Crippen LogP contribution in [0.5, 0.6) is 0 Å². The monoisotopic (exact) mass is 1520 g/mol. The lowest BCUT2D eigenvalue weighted by Crippen LogP contribution is -2.30. The van der Waals surface area contributed by atoms with Crippen LogP contribution in [0.2, 0.25) is 0 Å². The average Bonchev–Trinajstić information content (AvgIpc) is 0.916. The van der Waals surface area contributed by atoms with E-state index in [4.69, 9.17) is 37.0 Å². The predicted octanol–water partition coefficient (Wildman–Crippen LogP) is 25.8. The molecule has 0 amide bonds. The van der Waals surface area contributed by atoms with Gasteiger partial charge in [-0.3, -0.25) is 37.3 Å². The summed E-state index contributed by atoms with van der Waals surface area (Å²) in [4.78, 5) is 73.2. The van der Waals surface area contributed by atoms with Gasteiger partial charge in [-0.2, -0.15) is 0 Å². The summed E-state index contributed by atoms with van der Waals surface area (Å²) in [6.07, 6.45) is 68.1. The maximum atomic E-state index is 13.1. The fourth-order valence-corrected chi connectivity index (χ4v) is 14.8. The molecule has 0 fully saturated rings. The van der Waals surface area contributed by atoms with Gasteiger partial charge in [0, 0.05) is 25.7 Å². The molecule has 0 aromatic carbocycles. The van der Waals surface area contributed by atoms with E-state index >= 15 is 0 Å². The van der Waals surface area contributed by atoms with Crippen molar-refractivity contribution in [2.75, 3.05) is 39.6 Å². The van der Waals surface area contributed by atoms with Crippen molar-refractivity contribution in [1.29, 1.82) is 0 Å². The number of phosphoric ester groups is 2. The largest absolute Gasteiger partial charge is 0.472 e. The van der Waals surface area contributed by atoms with Gasteiger partial charge in [0.2, 0.25) is 0 Å². The summed E-state index contributed by atoms with van der Waals surface area (Å²) in [5.41, 5.74) is 0. The Labute approximate surface area is 638 Å². The van der Waals surface area contributed by atoms with E-state index in [0.29, 0.717) is 25.7 Å². The van der Waals surface area contributed by atoms with E-state index in [1.807, 2.05) is 0 Å². The van der Waals surface area contributed by atoms with Crippen LogP contribution >= 0.6 is 15.6 Å². The Kier molecular flexibility index (Phi) is 75.0. The van der Waals surface area contributed by atoms with Crippen LogP contribution in [-0.4, -0.2) is 96.7 Å². The third kappa shape index (κ3) is 76.8. The molecular weight excluding hydrogens is 1350 g/mol. The number of rotatable bonds is 84. The number of hydrogen-bond donors (Lipinski definition) is 3. The first-order chi connectivity index (χ1) is 50.4. The minimum Gasteiger partial charge on any atom is -0.462 e. The Balaban J connectivity index is 5.24. The van der Waals surface area contributed by atoms with Gasteiger partial charge in [-0.05, 0) is 37.5 Å². The zero-order chi connectivity index (χ0) is 76.4. The highest BCUT2D eigenvalue weighted by Crippen LogP contribution is 2.45. The van der Waals surface area contributed by atoms with Gasteiger partial charge in [0.05, 0.1) is 26.4 Å². The Bertz CT molecular complexity index is 2000. The standard InChI is InChI=1S/C85H166O17P2/c1-7-10-12-14-16-18-20-22-24-26-28-29-30-32-34-36-38-43-51-57-63-69-84(89)101-80(73-95-82(87)67-61-55-49-42-37-35-33-31-27-25-23-21-19-17-15-13-11-8-2)75-99-103(91,92)97-71-79(86)72-98-104(93,94)100-76-81(74-96-83(88)68-62-56-50-46-45-48-54-60-66-78(6)9-3)102-85(90)70-64-58-52-44-40-39-41-47-53-59-65-77(4)5/h77-81,86H,7-76H2,1-6H3,(H,91,92)(H,93,94)/t78?,79-,80-,81-/m1/s1. The van der Waals surface area contributed by atoms with Crippen LogP contribution in [0.15, 0.2) is 0 Å². The molecule has 0 radical (unpaired) electrons. The van der Waals surface area contributed by atoms with Gasteiger partial charge in [0.1, 0.15) is 19.3 Å². The van der Waals surface area contributed by atoms with E-state index in [1.165, 1.54) is 270 Å². The molecule has 6 atom stereocenters. The summed E-state index contributed by atoms with van der Waals surface area (Å²) in [6.45, 7) is 9.65. The highest BCUT2D eigenvalue weighted by molar-refractivity contribution is 7.47. The third-order valence-corrected chi connectivity index (χ3v) is 22.2. The molecular formula is C85H166O17P2. The number of carbonyl (C=O) groups is 4. The number of phosphoric acid groups is 2. The fraction of sp³-hybridized carbons (Fsp3) is 0.953. The topological polar surface area (TPSA) is 237 Å². The normalized spacial score (nSPS) is 14.1. The van der Waals surface area contributed by atoms with Crippen molar-refractivity contribution < 1.29 is 80.2 Å². The molecule has 0 heterocycles. The van der Waals surface area contributed by atoms with Gasteiger partial charge in [-0.1, -0.05) is 401 Å². The molecule has 0 aliphatic rings. The van der Waals surface area contributed by atoms with Crippen LogP contribution in [-0.2, 0) is 65.4 Å². The average molecular weight is 1520 g/mol. The Morgan fingerprint density at radius 3 is 0.731 bits per heavy atom. The molecule has 3 unspecified atom stereocenters. The maximum Gasteiger partial charge on any atom is 0.472 e. The minimum atomic E-state index is -4.97. The molecule has 17 nitrogen and oxygen atoms in total. The van der Waals surface area contributed by atoms with Crippen LogP contribution in [0.3, 0.4) is 0 Å². The third-order valence-electron chi connectivity index (χ3n) is 20.3. The molecule has 0 saturated heterocycles. The second-order valence-electron chi connectivity index (χ2n) is 31.3. The Morgan fingerprint density at radius 2 is 0.490 bits per heavy atom. The first-order valence-electron chi connectivity index (χ1n) is 44.0. The highest BCUT2D eigenvalue weighted by atomic mass is 31.2. The summed E-state index contributed by atoms with van der Waals surface area (Å²) >= 11 is 0. The van der Waals surface area contributed by atoms with Crippen LogP contribution < -0.4 is 0 Å². The van der Waals surface area contributed by atoms with E-state index in [0.717, 1.165) is 102 Å². The van der Waals surface area contributed by atoms with Gasteiger partial charge in [-0.25, -0.2) is 9.13 Å². The van der Waals surface area contributed by atoms with Gasteiger partial charge in [0.15, 0.2) is 12.2 Å². The number of aliphatic hydroxyl groups excluding tert-OH is 1. The van der Waals surface area contributed by atoms with E-state index in [2.05, 4.69) is 41.5 Å². The summed E-state index contributed by atoms with van der Waals surface area (Å²) in [5.74, 6) is -0.575. The lowest BCUT2D eigenvalue weighted by molar-refractivity contribution is -0.161. The number of aliphatic hydroxyl groups is 1. The number of ether oxygens (including phenoxy) is 4. The molecule has 0 rings (SSSR count). The number of hydrogen-bond acceptors (Lipinski definition) is 15. The van der Waals surface area contributed by atoms with Crippen molar-refractivity contribution in [3.63, 3.8) is 0 Å². The smallest absolute Gasteiger partial charge is 0.462 e. The summed E-state index contributed by atoms with van der Waals surface area (Å²) in [7, 11) is -9.93. The van der Waals surface area contributed by atoms with Crippen LogP contribution in [0, 0.1) is 11.8 Å². The summed E-state index contributed by atoms with van der Waals surface area (Å²) in [5, 5.41) is 10.7. The molecule has 0 saturated carbocycles. The highest BCUT2D eigenvalue weighted by Gasteiger charge is 2.30. The molecule has 19 heteroatoms. The van der Waals surface area contributed by atoms with Gasteiger partial charge >= 0.3 is 39.5 Å². The minimum absolute atomic E-state index is 0.106. The lowest BCUT2D eigenvalue weighted by Gasteiger charge is -2.21. The van der Waals surface area contributed by atoms with Crippen molar-refractivity contribution in [3.05, 3.63) is 0 Å². The zero-order valence-corrected chi connectivity index (χ0v) is 70.1. The van der Waals surface area contributed by atoms with Crippen molar-refractivity contribution in [2.45, 2.75) is 471 Å². The molecule has 0 aliphatic carbocycles.